The van der Waals surface area contributed by atoms with E-state index in [1.54, 1.807) is 6.07 Å². The van der Waals surface area contributed by atoms with E-state index in [2.05, 4.69) is 21.8 Å². The number of likely N-dealkylation sites (N-methyl/N-ethyl adjacent to an activating group) is 1. The molecule has 0 aliphatic carbocycles. The van der Waals surface area contributed by atoms with E-state index in [0.717, 1.165) is 37.0 Å². The first kappa shape index (κ1) is 16.4. The van der Waals surface area contributed by atoms with Gasteiger partial charge in [0.2, 0.25) is 0 Å². The summed E-state index contributed by atoms with van der Waals surface area (Å²) in [4.78, 5) is 22.0. The second-order valence-electron chi connectivity index (χ2n) is 7.35. The second kappa shape index (κ2) is 5.60. The third-order valence-corrected chi connectivity index (χ3v) is 5.83. The Kier molecular flexibility index (Phi) is 3.40. The molecular formula is C20H18F2N4O. The Balaban J connectivity index is 1.61. The van der Waals surface area contributed by atoms with Gasteiger partial charge in [-0.3, -0.25) is 14.3 Å². The predicted molar refractivity (Wildman–Crippen MR) is 99.9 cm³/mol. The number of nitrogens with zero attached hydrogens (tertiary/aromatic N) is 4. The minimum Gasteiger partial charge on any atom is -0.364 e. The van der Waals surface area contributed by atoms with Crippen molar-refractivity contribution in [2.24, 2.45) is 7.05 Å². The van der Waals surface area contributed by atoms with Gasteiger partial charge in [-0.2, -0.15) is 0 Å². The monoisotopic (exact) mass is 368 g/mol. The highest BCUT2D eigenvalue weighted by Crippen LogP contribution is 2.37. The summed E-state index contributed by atoms with van der Waals surface area (Å²) in [5.41, 5.74) is 1.18. The molecule has 2 atom stereocenters. The standard InChI is InChI=1S/C20H18F2N4O/c1-24-9-18-17(24)10-26(18)12-4-6-16-14(8-12)20(27)25(2)19(23-16)13-7-11(21)3-5-15(13)22/h3-8,17-18H,9-10H2,1-2H3/t17?,18-/m1/s1. The Labute approximate surface area is 154 Å². The molecule has 0 saturated carbocycles. The van der Waals surface area contributed by atoms with Crippen molar-refractivity contribution in [3.8, 4) is 11.4 Å². The van der Waals surface area contributed by atoms with E-state index >= 15 is 0 Å². The Bertz CT molecular complexity index is 1140. The number of rotatable bonds is 2. The number of anilines is 1. The molecule has 2 aliphatic heterocycles. The zero-order chi connectivity index (χ0) is 18.9. The molecule has 2 fully saturated rings. The van der Waals surface area contributed by atoms with E-state index in [9.17, 15) is 13.6 Å². The molecule has 27 heavy (non-hydrogen) atoms. The third kappa shape index (κ3) is 2.31. The van der Waals surface area contributed by atoms with Gasteiger partial charge in [0.1, 0.15) is 17.5 Å². The molecule has 5 nitrogen and oxygen atoms in total. The van der Waals surface area contributed by atoms with Gasteiger partial charge in [0.25, 0.3) is 5.56 Å². The lowest BCUT2D eigenvalue weighted by molar-refractivity contribution is 0.0369. The molecule has 5 rings (SSSR count). The molecule has 3 aromatic rings. The average Bonchev–Trinajstić information content (AvgIpc) is 2.65. The summed E-state index contributed by atoms with van der Waals surface area (Å²) in [7, 11) is 3.65. The first-order valence-electron chi connectivity index (χ1n) is 8.87. The van der Waals surface area contributed by atoms with Crippen LogP contribution in [0.15, 0.2) is 41.2 Å². The molecule has 7 heteroatoms. The van der Waals surface area contributed by atoms with Gasteiger partial charge in [-0.05, 0) is 43.4 Å². The molecule has 1 aromatic heterocycles. The lowest BCUT2D eigenvalue weighted by Crippen LogP contribution is -2.78. The van der Waals surface area contributed by atoms with Crippen LogP contribution in [0.5, 0.6) is 0 Å². The van der Waals surface area contributed by atoms with Crippen LogP contribution >= 0.6 is 0 Å². The van der Waals surface area contributed by atoms with Gasteiger partial charge in [0, 0.05) is 31.9 Å². The Morgan fingerprint density at radius 2 is 1.85 bits per heavy atom. The van der Waals surface area contributed by atoms with E-state index in [0.29, 0.717) is 23.0 Å². The van der Waals surface area contributed by atoms with Crippen LogP contribution in [0, 0.1) is 11.6 Å². The molecule has 138 valence electrons. The molecule has 2 aromatic carbocycles. The number of piperazine rings is 1. The van der Waals surface area contributed by atoms with Gasteiger partial charge < -0.3 is 4.90 Å². The van der Waals surface area contributed by atoms with Crippen LogP contribution in [-0.2, 0) is 7.05 Å². The maximum Gasteiger partial charge on any atom is 0.261 e. The fourth-order valence-corrected chi connectivity index (χ4v) is 4.12. The lowest BCUT2D eigenvalue weighted by Gasteiger charge is -2.62. The van der Waals surface area contributed by atoms with Crippen molar-refractivity contribution in [1.82, 2.24) is 14.5 Å². The van der Waals surface area contributed by atoms with Crippen molar-refractivity contribution in [3.05, 3.63) is 58.4 Å². The molecule has 2 aliphatic rings. The molecule has 2 saturated heterocycles. The van der Waals surface area contributed by atoms with E-state index in [1.807, 2.05) is 12.1 Å². The topological polar surface area (TPSA) is 41.4 Å². The van der Waals surface area contributed by atoms with Crippen LogP contribution < -0.4 is 10.5 Å². The molecule has 0 bridgehead atoms. The summed E-state index contributed by atoms with van der Waals surface area (Å²) in [5, 5.41) is 0.478. The van der Waals surface area contributed by atoms with Crippen LogP contribution in [0.3, 0.4) is 0 Å². The zero-order valence-corrected chi connectivity index (χ0v) is 15.0. The first-order chi connectivity index (χ1) is 12.9. The predicted octanol–water partition coefficient (Wildman–Crippen LogP) is 2.38. The first-order valence-corrected chi connectivity index (χ1v) is 8.87. The number of benzene rings is 2. The fourth-order valence-electron chi connectivity index (χ4n) is 4.12. The van der Waals surface area contributed by atoms with Crippen LogP contribution in [0.2, 0.25) is 0 Å². The van der Waals surface area contributed by atoms with Crippen LogP contribution in [0.1, 0.15) is 0 Å². The highest BCUT2D eigenvalue weighted by Gasteiger charge is 2.49. The van der Waals surface area contributed by atoms with Crippen LogP contribution in [0.4, 0.5) is 14.5 Å². The largest absolute Gasteiger partial charge is 0.364 e. The third-order valence-electron chi connectivity index (χ3n) is 5.83. The number of fused-ring (bicyclic) bond motifs is 2. The zero-order valence-electron chi connectivity index (χ0n) is 15.0. The van der Waals surface area contributed by atoms with Gasteiger partial charge in [-0.1, -0.05) is 0 Å². The molecule has 0 radical (unpaired) electrons. The minimum absolute atomic E-state index is 0.0244. The quantitative estimate of drug-likeness (QED) is 0.697. The van der Waals surface area contributed by atoms with E-state index in [4.69, 9.17) is 0 Å². The average molecular weight is 368 g/mol. The molecule has 0 N–H and O–H groups in total. The van der Waals surface area contributed by atoms with Gasteiger partial charge in [-0.25, -0.2) is 13.8 Å². The number of halogens is 2. The number of likely N-dealkylation sites (tertiary alicyclic amines) is 1. The summed E-state index contributed by atoms with van der Waals surface area (Å²) in [6, 6.07) is 9.82. The van der Waals surface area contributed by atoms with Gasteiger partial charge in [0.05, 0.1) is 22.5 Å². The summed E-state index contributed by atoms with van der Waals surface area (Å²) in [6.45, 7) is 1.98. The van der Waals surface area contributed by atoms with Crippen molar-refractivity contribution >= 4 is 16.6 Å². The van der Waals surface area contributed by atoms with Crippen molar-refractivity contribution in [2.45, 2.75) is 12.1 Å². The number of aromatic nitrogens is 2. The second-order valence-corrected chi connectivity index (χ2v) is 7.35. The van der Waals surface area contributed by atoms with E-state index in [-0.39, 0.29) is 16.9 Å². The van der Waals surface area contributed by atoms with E-state index in [1.165, 1.54) is 11.6 Å². The normalized spacial score (nSPS) is 21.7. The molecule has 0 amide bonds. The maximum absolute atomic E-state index is 14.2. The molecule has 1 unspecified atom stereocenters. The number of hydrogen-bond donors (Lipinski definition) is 0. The van der Waals surface area contributed by atoms with Crippen molar-refractivity contribution in [3.63, 3.8) is 0 Å². The SMILES string of the molecule is CN1C[C@@H]2C1CN2c1ccc2nc(-c3cc(F)ccc3F)n(C)c(=O)c2c1. The Hall–Kier alpha value is -2.80. The van der Waals surface area contributed by atoms with Crippen molar-refractivity contribution in [1.29, 1.82) is 0 Å². The van der Waals surface area contributed by atoms with Crippen molar-refractivity contribution < 1.29 is 8.78 Å². The number of hydrogen-bond acceptors (Lipinski definition) is 4. The lowest BCUT2D eigenvalue weighted by atomic mass is 9.85. The smallest absolute Gasteiger partial charge is 0.261 e. The molecule has 0 spiro atoms. The van der Waals surface area contributed by atoms with Gasteiger partial charge >= 0.3 is 0 Å². The Morgan fingerprint density at radius 1 is 1.04 bits per heavy atom. The van der Waals surface area contributed by atoms with E-state index < -0.39 is 11.6 Å². The summed E-state index contributed by atoms with van der Waals surface area (Å²) >= 11 is 0. The maximum atomic E-state index is 14.2. The van der Waals surface area contributed by atoms with Gasteiger partial charge in [0.15, 0.2) is 0 Å². The fraction of sp³-hybridized carbons (Fsp3) is 0.300. The Morgan fingerprint density at radius 3 is 2.56 bits per heavy atom. The summed E-state index contributed by atoms with van der Waals surface area (Å²) in [6.07, 6.45) is 0. The van der Waals surface area contributed by atoms with Crippen molar-refractivity contribution in [2.75, 3.05) is 25.0 Å². The highest BCUT2D eigenvalue weighted by molar-refractivity contribution is 5.84. The summed E-state index contributed by atoms with van der Waals surface area (Å²) in [5.74, 6) is -1.08. The van der Waals surface area contributed by atoms with Crippen LogP contribution in [-0.4, -0.2) is 46.7 Å². The summed E-state index contributed by atoms with van der Waals surface area (Å²) < 4.78 is 29.0. The highest BCUT2D eigenvalue weighted by atomic mass is 19.1. The molecule has 3 heterocycles. The molecular weight excluding hydrogens is 350 g/mol. The minimum atomic E-state index is -0.615. The van der Waals surface area contributed by atoms with Crippen LogP contribution in [0.25, 0.3) is 22.3 Å². The van der Waals surface area contributed by atoms with Gasteiger partial charge in [-0.15, -0.1) is 0 Å².